The fourth-order valence-corrected chi connectivity index (χ4v) is 2.49. The van der Waals surface area contributed by atoms with Crippen LogP contribution < -0.4 is 10.6 Å². The van der Waals surface area contributed by atoms with Crippen LogP contribution in [0.5, 0.6) is 0 Å². The van der Waals surface area contributed by atoms with E-state index in [2.05, 4.69) is 17.2 Å². The van der Waals surface area contributed by atoms with Crippen LogP contribution in [0.25, 0.3) is 0 Å². The van der Waals surface area contributed by atoms with Crippen molar-refractivity contribution in [3.8, 4) is 11.8 Å². The zero-order chi connectivity index (χ0) is 16.1. The first kappa shape index (κ1) is 15.0. The van der Waals surface area contributed by atoms with Crippen molar-refractivity contribution >= 4 is 23.0 Å². The van der Waals surface area contributed by atoms with Crippen molar-refractivity contribution in [3.05, 3.63) is 29.3 Å². The highest BCUT2D eigenvalue weighted by Gasteiger charge is 2.60. The minimum absolute atomic E-state index is 0.149. The number of halogens is 5. The summed E-state index contributed by atoms with van der Waals surface area (Å²) in [6, 6.07) is 1.75. The molecule has 1 heterocycles. The van der Waals surface area contributed by atoms with E-state index < -0.39 is 28.9 Å². The van der Waals surface area contributed by atoms with E-state index in [1.54, 1.807) is 0 Å². The average molecular weight is 332 g/mol. The van der Waals surface area contributed by atoms with Gasteiger partial charge in [0.25, 0.3) is 0 Å². The third kappa shape index (κ3) is 2.29. The summed E-state index contributed by atoms with van der Waals surface area (Å²) in [6.45, 7) is 0. The summed E-state index contributed by atoms with van der Waals surface area (Å²) < 4.78 is 68.6. The molecule has 116 valence electrons. The molecule has 1 unspecified atom stereocenters. The summed E-state index contributed by atoms with van der Waals surface area (Å²) in [4.78, 5) is 0. The lowest BCUT2D eigenvalue weighted by Gasteiger charge is -2.38. The number of benzene rings is 1. The first-order valence-corrected chi connectivity index (χ1v) is 6.82. The fraction of sp³-hybridized carbons (Fsp3) is 0.357. The molecular formula is C14H9F5N2S. The maximum Gasteiger partial charge on any atom is 0.427 e. The van der Waals surface area contributed by atoms with Gasteiger partial charge in [0.05, 0.1) is 11.3 Å². The van der Waals surface area contributed by atoms with Gasteiger partial charge in [0.15, 0.2) is 16.7 Å². The van der Waals surface area contributed by atoms with Crippen LogP contribution in [0.3, 0.4) is 0 Å². The van der Waals surface area contributed by atoms with Crippen LogP contribution in [0.4, 0.5) is 27.6 Å². The van der Waals surface area contributed by atoms with Crippen molar-refractivity contribution in [3.63, 3.8) is 0 Å². The Labute approximate surface area is 128 Å². The molecule has 22 heavy (non-hydrogen) atoms. The minimum atomic E-state index is -4.98. The molecule has 2 aliphatic rings. The first-order valence-electron chi connectivity index (χ1n) is 6.41. The molecule has 2 nitrogen and oxygen atoms in total. The molecule has 1 saturated carbocycles. The predicted molar refractivity (Wildman–Crippen MR) is 73.9 cm³/mol. The van der Waals surface area contributed by atoms with Crippen LogP contribution in [0.1, 0.15) is 18.4 Å². The standard InChI is InChI=1S/C14H9F5N2S/c15-8-3-4-9-10(11(8)16)13(14(17,18)19,21-12(22)20-9)6-5-7-1-2-7/h3-4,7H,1-2H2,(H2,20,21,22). The van der Waals surface area contributed by atoms with Gasteiger partial charge in [-0.2, -0.15) is 13.2 Å². The van der Waals surface area contributed by atoms with Crippen molar-refractivity contribution in [2.75, 3.05) is 5.32 Å². The number of nitrogens with one attached hydrogen (secondary N) is 2. The SMILES string of the molecule is Fc1ccc2c(c1F)C(C#CC1CC1)(C(F)(F)F)NC(=S)N2. The maximum atomic E-state index is 14.1. The molecule has 3 rings (SSSR count). The summed E-state index contributed by atoms with van der Waals surface area (Å²) in [6.07, 6.45) is -3.59. The molecule has 1 aromatic carbocycles. The normalized spacial score (nSPS) is 23.8. The van der Waals surface area contributed by atoms with Crippen LogP contribution in [0, 0.1) is 29.4 Å². The van der Waals surface area contributed by atoms with Crippen molar-refractivity contribution in [1.29, 1.82) is 0 Å². The third-order valence-corrected chi connectivity index (χ3v) is 3.69. The molecule has 0 aromatic heterocycles. The molecule has 2 N–H and O–H groups in total. The van der Waals surface area contributed by atoms with Crippen LogP contribution >= 0.6 is 12.2 Å². The number of fused-ring (bicyclic) bond motifs is 1. The van der Waals surface area contributed by atoms with Gasteiger partial charge in [-0.1, -0.05) is 11.8 Å². The summed E-state index contributed by atoms with van der Waals surface area (Å²) >= 11 is 4.77. The first-order chi connectivity index (χ1) is 10.2. The Morgan fingerprint density at radius 3 is 2.50 bits per heavy atom. The number of thiocarbonyl (C=S) groups is 1. The monoisotopic (exact) mass is 332 g/mol. The molecule has 0 spiro atoms. The highest BCUT2D eigenvalue weighted by atomic mass is 32.1. The molecule has 0 saturated heterocycles. The highest BCUT2D eigenvalue weighted by molar-refractivity contribution is 7.80. The van der Waals surface area contributed by atoms with Gasteiger partial charge >= 0.3 is 6.18 Å². The molecule has 1 aliphatic carbocycles. The number of rotatable bonds is 0. The Morgan fingerprint density at radius 2 is 1.91 bits per heavy atom. The molecule has 1 aromatic rings. The van der Waals surface area contributed by atoms with Gasteiger partial charge < -0.3 is 10.6 Å². The predicted octanol–water partition coefficient (Wildman–Crippen LogP) is 3.44. The van der Waals surface area contributed by atoms with E-state index in [-0.39, 0.29) is 16.7 Å². The minimum Gasteiger partial charge on any atom is -0.335 e. The number of hydrogen-bond donors (Lipinski definition) is 2. The molecule has 1 atom stereocenters. The summed E-state index contributed by atoms with van der Waals surface area (Å²) in [5.41, 5.74) is -4.22. The number of hydrogen-bond acceptors (Lipinski definition) is 1. The summed E-state index contributed by atoms with van der Waals surface area (Å²) in [5, 5.41) is 4.05. The van der Waals surface area contributed by atoms with E-state index in [9.17, 15) is 22.0 Å². The largest absolute Gasteiger partial charge is 0.427 e. The zero-order valence-corrected chi connectivity index (χ0v) is 11.8. The van der Waals surface area contributed by atoms with E-state index >= 15 is 0 Å². The quantitative estimate of drug-likeness (QED) is 0.432. The Bertz CT molecular complexity index is 714. The van der Waals surface area contributed by atoms with Crippen LogP contribution in [-0.2, 0) is 5.54 Å². The van der Waals surface area contributed by atoms with Gasteiger partial charge in [-0.15, -0.1) is 0 Å². The van der Waals surface area contributed by atoms with Crippen LogP contribution in [0.2, 0.25) is 0 Å². The van der Waals surface area contributed by atoms with Crippen LogP contribution in [-0.4, -0.2) is 11.3 Å². The van der Waals surface area contributed by atoms with Gasteiger partial charge in [-0.05, 0) is 37.2 Å². The molecule has 8 heteroatoms. The van der Waals surface area contributed by atoms with Crippen molar-refractivity contribution in [2.24, 2.45) is 5.92 Å². The molecular weight excluding hydrogens is 323 g/mol. The van der Waals surface area contributed by atoms with E-state index in [0.717, 1.165) is 12.1 Å². The lowest BCUT2D eigenvalue weighted by Crippen LogP contribution is -2.59. The van der Waals surface area contributed by atoms with E-state index in [4.69, 9.17) is 12.2 Å². The van der Waals surface area contributed by atoms with Crippen molar-refractivity contribution in [1.82, 2.24) is 5.32 Å². The lowest BCUT2D eigenvalue weighted by molar-refractivity contribution is -0.178. The molecule has 1 aliphatic heterocycles. The van der Waals surface area contributed by atoms with Gasteiger partial charge in [0.2, 0.25) is 5.54 Å². The third-order valence-electron chi connectivity index (χ3n) is 3.49. The maximum absolute atomic E-state index is 14.1. The second kappa shape index (κ2) is 4.81. The fourth-order valence-electron chi connectivity index (χ4n) is 2.22. The second-order valence-electron chi connectivity index (χ2n) is 5.15. The zero-order valence-electron chi connectivity index (χ0n) is 10.9. The number of alkyl halides is 3. The molecule has 0 amide bonds. The second-order valence-corrected chi connectivity index (χ2v) is 5.56. The Hall–Kier alpha value is -1.88. The van der Waals surface area contributed by atoms with E-state index in [0.29, 0.717) is 12.8 Å². The van der Waals surface area contributed by atoms with Gasteiger partial charge in [0.1, 0.15) is 0 Å². The van der Waals surface area contributed by atoms with Gasteiger partial charge in [-0.3, -0.25) is 0 Å². The lowest BCUT2D eigenvalue weighted by atomic mass is 9.86. The Balaban J connectivity index is 2.29. The molecule has 0 bridgehead atoms. The average Bonchev–Trinajstić information content (AvgIpc) is 3.23. The van der Waals surface area contributed by atoms with E-state index in [1.165, 1.54) is 0 Å². The van der Waals surface area contributed by atoms with Gasteiger partial charge in [0, 0.05) is 5.92 Å². The molecule has 0 radical (unpaired) electrons. The van der Waals surface area contributed by atoms with E-state index in [1.807, 2.05) is 5.32 Å². The number of anilines is 1. The van der Waals surface area contributed by atoms with Crippen molar-refractivity contribution in [2.45, 2.75) is 24.6 Å². The van der Waals surface area contributed by atoms with Crippen LogP contribution in [0.15, 0.2) is 12.1 Å². The molecule has 1 fully saturated rings. The topological polar surface area (TPSA) is 24.1 Å². The Kier molecular flexibility index (Phi) is 3.29. The summed E-state index contributed by atoms with van der Waals surface area (Å²) in [7, 11) is 0. The summed E-state index contributed by atoms with van der Waals surface area (Å²) in [5.74, 6) is 1.42. The Morgan fingerprint density at radius 1 is 1.23 bits per heavy atom. The smallest absolute Gasteiger partial charge is 0.335 e. The highest BCUT2D eigenvalue weighted by Crippen LogP contribution is 2.45. The van der Waals surface area contributed by atoms with Crippen molar-refractivity contribution < 1.29 is 22.0 Å². The van der Waals surface area contributed by atoms with Gasteiger partial charge in [-0.25, -0.2) is 8.78 Å².